The molecule has 0 aliphatic heterocycles. The summed E-state index contributed by atoms with van der Waals surface area (Å²) >= 11 is 1.61. The molecule has 6 nitrogen and oxygen atoms in total. The lowest BCUT2D eigenvalue weighted by Crippen LogP contribution is -2.30. The molecule has 1 unspecified atom stereocenters. The van der Waals surface area contributed by atoms with Crippen LogP contribution in [0.4, 0.5) is 5.82 Å². The van der Waals surface area contributed by atoms with Crippen LogP contribution in [0.3, 0.4) is 0 Å². The van der Waals surface area contributed by atoms with Crippen LogP contribution in [0, 0.1) is 0 Å². The highest BCUT2D eigenvalue weighted by Gasteiger charge is 2.20. The fraction of sp³-hybridized carbons (Fsp3) is 0.267. The van der Waals surface area contributed by atoms with Gasteiger partial charge in [-0.15, -0.1) is 0 Å². The minimum atomic E-state index is -0.906. The molecule has 0 saturated carbocycles. The number of hydrogen-bond donors (Lipinski definition) is 2. The standard InChI is InChI=1S/C15H15N3O3S/c1-22-7-6-10(15(19)20)18-14-13-12(16-8-17-14)9-4-2-3-5-11(9)21-13/h2-5,8,10H,6-7H2,1H3,(H,19,20)(H,16,17,18). The van der Waals surface area contributed by atoms with Crippen molar-refractivity contribution in [3.8, 4) is 0 Å². The van der Waals surface area contributed by atoms with E-state index in [0.29, 0.717) is 28.9 Å². The Morgan fingerprint density at radius 1 is 1.41 bits per heavy atom. The number of hydrogen-bond acceptors (Lipinski definition) is 6. The molecule has 0 fully saturated rings. The van der Waals surface area contributed by atoms with Crippen LogP contribution in [-0.4, -0.2) is 39.1 Å². The zero-order chi connectivity index (χ0) is 15.5. The Balaban J connectivity index is 2.01. The van der Waals surface area contributed by atoms with Crippen molar-refractivity contribution < 1.29 is 14.3 Å². The highest BCUT2D eigenvalue weighted by Crippen LogP contribution is 2.30. The maximum Gasteiger partial charge on any atom is 0.326 e. The van der Waals surface area contributed by atoms with E-state index in [-0.39, 0.29) is 0 Å². The largest absolute Gasteiger partial charge is 0.480 e. The van der Waals surface area contributed by atoms with Crippen molar-refractivity contribution >= 4 is 45.6 Å². The normalized spacial score (nSPS) is 12.6. The van der Waals surface area contributed by atoms with Crippen molar-refractivity contribution in [1.82, 2.24) is 9.97 Å². The molecule has 2 N–H and O–H groups in total. The molecule has 0 aliphatic carbocycles. The zero-order valence-electron chi connectivity index (χ0n) is 11.9. The Bertz CT molecular complexity index is 818. The molecule has 3 aromatic rings. The average Bonchev–Trinajstić information content (AvgIpc) is 2.90. The van der Waals surface area contributed by atoms with Crippen LogP contribution in [0.25, 0.3) is 22.1 Å². The Labute approximate surface area is 130 Å². The van der Waals surface area contributed by atoms with Crippen LogP contribution < -0.4 is 5.32 Å². The van der Waals surface area contributed by atoms with Gasteiger partial charge in [0.2, 0.25) is 0 Å². The lowest BCUT2D eigenvalue weighted by Gasteiger charge is -2.14. The third-order valence-corrected chi connectivity index (χ3v) is 4.02. The van der Waals surface area contributed by atoms with E-state index in [4.69, 9.17) is 4.42 Å². The molecule has 0 bridgehead atoms. The van der Waals surface area contributed by atoms with Gasteiger partial charge < -0.3 is 14.8 Å². The van der Waals surface area contributed by atoms with Crippen molar-refractivity contribution in [2.24, 2.45) is 0 Å². The minimum absolute atomic E-state index is 0.412. The number of para-hydroxylation sites is 1. The second-order valence-corrected chi connectivity index (χ2v) is 5.80. The van der Waals surface area contributed by atoms with Gasteiger partial charge in [-0.05, 0) is 30.6 Å². The number of thioether (sulfide) groups is 1. The molecule has 2 heterocycles. The SMILES string of the molecule is CSCCC(Nc1ncnc2c1oc1ccccc12)C(=O)O. The van der Waals surface area contributed by atoms with Gasteiger partial charge in [0, 0.05) is 5.39 Å². The van der Waals surface area contributed by atoms with Gasteiger partial charge >= 0.3 is 5.97 Å². The Hall–Kier alpha value is -2.28. The predicted octanol–water partition coefficient (Wildman–Crippen LogP) is 2.99. The Morgan fingerprint density at radius 3 is 3.00 bits per heavy atom. The van der Waals surface area contributed by atoms with E-state index < -0.39 is 12.0 Å². The predicted molar refractivity (Wildman–Crippen MR) is 87.4 cm³/mol. The summed E-state index contributed by atoms with van der Waals surface area (Å²) in [7, 11) is 0. The number of nitrogens with one attached hydrogen (secondary N) is 1. The fourth-order valence-corrected chi connectivity index (χ4v) is 2.76. The highest BCUT2D eigenvalue weighted by molar-refractivity contribution is 7.98. The monoisotopic (exact) mass is 317 g/mol. The first-order valence-corrected chi connectivity index (χ1v) is 8.20. The van der Waals surface area contributed by atoms with E-state index >= 15 is 0 Å². The van der Waals surface area contributed by atoms with E-state index in [1.165, 1.54) is 6.33 Å². The molecule has 0 radical (unpaired) electrons. The maximum absolute atomic E-state index is 11.4. The molecule has 2 aromatic heterocycles. The van der Waals surface area contributed by atoms with Crippen molar-refractivity contribution in [2.45, 2.75) is 12.5 Å². The average molecular weight is 317 g/mol. The van der Waals surface area contributed by atoms with E-state index in [1.54, 1.807) is 11.8 Å². The third-order valence-electron chi connectivity index (χ3n) is 3.38. The first-order valence-electron chi connectivity index (χ1n) is 6.81. The molecule has 1 atom stereocenters. The van der Waals surface area contributed by atoms with Crippen LogP contribution in [0.2, 0.25) is 0 Å². The number of carboxylic acids is 1. The molecule has 7 heteroatoms. The number of fused-ring (bicyclic) bond motifs is 3. The van der Waals surface area contributed by atoms with Gasteiger partial charge in [0.05, 0.1) is 0 Å². The van der Waals surface area contributed by atoms with Gasteiger partial charge in [0.15, 0.2) is 11.4 Å². The number of rotatable bonds is 6. The Morgan fingerprint density at radius 2 is 2.23 bits per heavy atom. The first kappa shape index (κ1) is 14.6. The summed E-state index contributed by atoms with van der Waals surface area (Å²) in [6.45, 7) is 0. The van der Waals surface area contributed by atoms with Crippen molar-refractivity contribution in [3.63, 3.8) is 0 Å². The molecule has 0 saturated heterocycles. The first-order chi connectivity index (χ1) is 10.7. The summed E-state index contributed by atoms with van der Waals surface area (Å²) in [5, 5.41) is 13.2. The maximum atomic E-state index is 11.4. The summed E-state index contributed by atoms with van der Waals surface area (Å²) in [5.41, 5.74) is 1.87. The number of furan rings is 1. The molecule has 0 amide bonds. The van der Waals surface area contributed by atoms with Crippen LogP contribution in [0.15, 0.2) is 35.0 Å². The number of carbonyl (C=O) groups is 1. The topological polar surface area (TPSA) is 88.3 Å². The van der Waals surface area contributed by atoms with Crippen LogP contribution in [0.1, 0.15) is 6.42 Å². The zero-order valence-corrected chi connectivity index (χ0v) is 12.8. The summed E-state index contributed by atoms with van der Waals surface area (Å²) in [5.74, 6) is 0.254. The summed E-state index contributed by atoms with van der Waals surface area (Å²) in [4.78, 5) is 19.8. The van der Waals surface area contributed by atoms with Crippen LogP contribution >= 0.6 is 11.8 Å². The molecular weight excluding hydrogens is 302 g/mol. The number of anilines is 1. The van der Waals surface area contributed by atoms with E-state index in [9.17, 15) is 9.90 Å². The van der Waals surface area contributed by atoms with Gasteiger partial charge in [-0.2, -0.15) is 11.8 Å². The van der Waals surface area contributed by atoms with Crippen molar-refractivity contribution in [3.05, 3.63) is 30.6 Å². The van der Waals surface area contributed by atoms with Gasteiger partial charge in [-0.25, -0.2) is 14.8 Å². The lowest BCUT2D eigenvalue weighted by molar-refractivity contribution is -0.137. The van der Waals surface area contributed by atoms with Crippen LogP contribution in [0.5, 0.6) is 0 Å². The van der Waals surface area contributed by atoms with Crippen molar-refractivity contribution in [2.75, 3.05) is 17.3 Å². The molecule has 22 heavy (non-hydrogen) atoms. The lowest BCUT2D eigenvalue weighted by atomic mass is 10.2. The van der Waals surface area contributed by atoms with Crippen LogP contribution in [-0.2, 0) is 4.79 Å². The highest BCUT2D eigenvalue weighted by atomic mass is 32.2. The van der Waals surface area contributed by atoms with E-state index in [2.05, 4.69) is 15.3 Å². The van der Waals surface area contributed by atoms with E-state index in [0.717, 1.165) is 11.1 Å². The number of aromatic nitrogens is 2. The summed E-state index contributed by atoms with van der Waals surface area (Å²) in [6, 6.07) is 6.84. The molecule has 114 valence electrons. The fourth-order valence-electron chi connectivity index (χ4n) is 2.28. The van der Waals surface area contributed by atoms with Gasteiger partial charge in [-0.1, -0.05) is 12.1 Å². The molecule has 0 spiro atoms. The minimum Gasteiger partial charge on any atom is -0.480 e. The number of benzene rings is 1. The quantitative estimate of drug-likeness (QED) is 0.722. The number of aliphatic carboxylic acids is 1. The second-order valence-electron chi connectivity index (χ2n) is 4.81. The molecule has 0 aliphatic rings. The summed E-state index contributed by atoms with van der Waals surface area (Å²) in [6.07, 6.45) is 3.86. The van der Waals surface area contributed by atoms with E-state index in [1.807, 2.05) is 30.5 Å². The summed E-state index contributed by atoms with van der Waals surface area (Å²) < 4.78 is 5.78. The van der Waals surface area contributed by atoms with Gasteiger partial charge in [0.1, 0.15) is 23.5 Å². The Kier molecular flexibility index (Phi) is 4.15. The molecule has 3 rings (SSSR count). The third kappa shape index (κ3) is 2.71. The van der Waals surface area contributed by atoms with Gasteiger partial charge in [-0.3, -0.25) is 0 Å². The smallest absolute Gasteiger partial charge is 0.326 e. The van der Waals surface area contributed by atoms with Gasteiger partial charge in [0.25, 0.3) is 0 Å². The molecule has 1 aromatic carbocycles. The number of carboxylic acid groups (broad SMARTS) is 1. The second kappa shape index (κ2) is 6.23. The van der Waals surface area contributed by atoms with Crippen molar-refractivity contribution in [1.29, 1.82) is 0 Å². The molecular formula is C15H15N3O3S. The number of nitrogens with zero attached hydrogens (tertiary/aromatic N) is 2.